The molecule has 0 aromatic heterocycles. The van der Waals surface area contributed by atoms with E-state index in [1.165, 1.54) is 37.5 Å². The fourth-order valence-electron chi connectivity index (χ4n) is 2.44. The first kappa shape index (κ1) is 20.0. The maximum absolute atomic E-state index is 14.3. The SMILES string of the molecule is C#CCOc1ccc(/C=C/C(F)(F)Cc2ccccc2C(=O)O)cc1OC. The lowest BCUT2D eigenvalue weighted by Crippen LogP contribution is -2.18. The quantitative estimate of drug-likeness (QED) is 0.702. The Balaban J connectivity index is 2.19. The van der Waals surface area contributed by atoms with Crippen LogP contribution < -0.4 is 9.47 Å². The lowest BCUT2D eigenvalue weighted by molar-refractivity contribution is 0.0557. The van der Waals surface area contributed by atoms with Gasteiger partial charge < -0.3 is 14.6 Å². The molecule has 0 saturated carbocycles. The summed E-state index contributed by atoms with van der Waals surface area (Å²) in [6.07, 6.45) is 6.41. The van der Waals surface area contributed by atoms with Crippen molar-refractivity contribution in [1.82, 2.24) is 0 Å². The molecule has 0 aliphatic heterocycles. The van der Waals surface area contributed by atoms with Crippen LogP contribution in [0.2, 0.25) is 0 Å². The molecule has 0 amide bonds. The number of allylic oxidation sites excluding steroid dienone is 1. The summed E-state index contributed by atoms with van der Waals surface area (Å²) in [5.41, 5.74) is 0.406. The number of terminal acetylenes is 1. The zero-order valence-corrected chi connectivity index (χ0v) is 14.6. The molecule has 0 fully saturated rings. The second-order valence-electron chi connectivity index (χ2n) is 5.64. The third kappa shape index (κ3) is 5.58. The van der Waals surface area contributed by atoms with Crippen LogP contribution in [0.15, 0.2) is 48.5 Å². The van der Waals surface area contributed by atoms with Crippen molar-refractivity contribution in [1.29, 1.82) is 0 Å². The second-order valence-corrected chi connectivity index (χ2v) is 5.64. The number of hydrogen-bond acceptors (Lipinski definition) is 3. The van der Waals surface area contributed by atoms with Crippen LogP contribution in [0.4, 0.5) is 8.78 Å². The fourth-order valence-corrected chi connectivity index (χ4v) is 2.44. The molecule has 2 aromatic rings. The summed E-state index contributed by atoms with van der Waals surface area (Å²) >= 11 is 0. The summed E-state index contributed by atoms with van der Waals surface area (Å²) in [5, 5.41) is 9.11. The normalized spacial score (nSPS) is 11.2. The van der Waals surface area contributed by atoms with Crippen LogP contribution in [0.25, 0.3) is 6.08 Å². The Morgan fingerprint density at radius 1 is 1.26 bits per heavy atom. The molecule has 6 heteroatoms. The van der Waals surface area contributed by atoms with Crippen molar-refractivity contribution in [3.63, 3.8) is 0 Å². The number of carboxylic acids is 1. The molecule has 0 aliphatic carbocycles. The number of methoxy groups -OCH3 is 1. The molecule has 140 valence electrons. The number of carboxylic acid groups (broad SMARTS) is 1. The first-order valence-corrected chi connectivity index (χ1v) is 7.99. The van der Waals surface area contributed by atoms with E-state index < -0.39 is 18.3 Å². The standard InChI is InChI=1S/C21H18F2O4/c1-3-12-27-18-9-8-15(13-19(18)26-2)10-11-21(22,23)14-16-6-4-5-7-17(16)20(24)25/h1,4-11,13H,12,14H2,2H3,(H,24,25)/b11-10+. The topological polar surface area (TPSA) is 55.8 Å². The molecule has 0 atom stereocenters. The van der Waals surface area contributed by atoms with Gasteiger partial charge in [-0.05, 0) is 35.4 Å². The number of rotatable bonds is 8. The molecule has 0 radical (unpaired) electrons. The van der Waals surface area contributed by atoms with E-state index in [1.807, 2.05) is 0 Å². The van der Waals surface area contributed by atoms with E-state index in [0.29, 0.717) is 17.1 Å². The maximum Gasteiger partial charge on any atom is 0.335 e. The van der Waals surface area contributed by atoms with Crippen molar-refractivity contribution >= 4 is 12.0 Å². The lowest BCUT2D eigenvalue weighted by atomic mass is 10.0. The van der Waals surface area contributed by atoms with Crippen LogP contribution in [0, 0.1) is 12.3 Å². The summed E-state index contributed by atoms with van der Waals surface area (Å²) in [5.74, 6) is -1.35. The fraction of sp³-hybridized carbons (Fsp3) is 0.190. The van der Waals surface area contributed by atoms with Crippen LogP contribution in [0.5, 0.6) is 11.5 Å². The molecular weight excluding hydrogens is 354 g/mol. The van der Waals surface area contributed by atoms with Crippen molar-refractivity contribution in [3.05, 3.63) is 65.2 Å². The van der Waals surface area contributed by atoms with Gasteiger partial charge in [0.15, 0.2) is 11.5 Å². The summed E-state index contributed by atoms with van der Waals surface area (Å²) in [6.45, 7) is 0.0621. The molecule has 0 spiro atoms. The highest BCUT2D eigenvalue weighted by atomic mass is 19.3. The Morgan fingerprint density at radius 2 is 2.00 bits per heavy atom. The van der Waals surface area contributed by atoms with Gasteiger partial charge in [-0.2, -0.15) is 0 Å². The zero-order valence-electron chi connectivity index (χ0n) is 14.6. The average Bonchev–Trinajstić information content (AvgIpc) is 2.65. The van der Waals surface area contributed by atoms with Crippen LogP contribution in [0.3, 0.4) is 0 Å². The summed E-state index contributed by atoms with van der Waals surface area (Å²) in [4.78, 5) is 11.2. The smallest absolute Gasteiger partial charge is 0.335 e. The molecule has 0 unspecified atom stereocenters. The van der Waals surface area contributed by atoms with Gasteiger partial charge in [0.25, 0.3) is 5.92 Å². The highest BCUT2D eigenvalue weighted by Crippen LogP contribution is 2.30. The molecule has 4 nitrogen and oxygen atoms in total. The lowest BCUT2D eigenvalue weighted by Gasteiger charge is -2.14. The van der Waals surface area contributed by atoms with E-state index in [9.17, 15) is 13.6 Å². The van der Waals surface area contributed by atoms with Gasteiger partial charge in [-0.3, -0.25) is 0 Å². The number of ether oxygens (including phenoxy) is 2. The molecule has 1 N–H and O–H groups in total. The molecule has 0 aliphatic rings. The third-order valence-electron chi connectivity index (χ3n) is 3.69. The average molecular weight is 372 g/mol. The minimum Gasteiger partial charge on any atom is -0.493 e. The van der Waals surface area contributed by atoms with Crippen molar-refractivity contribution < 1.29 is 28.2 Å². The highest BCUT2D eigenvalue weighted by Gasteiger charge is 2.27. The Morgan fingerprint density at radius 3 is 2.67 bits per heavy atom. The summed E-state index contributed by atoms with van der Waals surface area (Å²) in [7, 11) is 1.43. The van der Waals surface area contributed by atoms with Crippen molar-refractivity contribution in [2.75, 3.05) is 13.7 Å². The van der Waals surface area contributed by atoms with Gasteiger partial charge >= 0.3 is 5.97 Å². The number of aromatic carboxylic acids is 1. The van der Waals surface area contributed by atoms with E-state index in [0.717, 1.165) is 6.08 Å². The predicted octanol–water partition coefficient (Wildman–Crippen LogP) is 4.30. The predicted molar refractivity (Wildman–Crippen MR) is 98.4 cm³/mol. The monoisotopic (exact) mass is 372 g/mol. The molecule has 0 saturated heterocycles. The molecule has 2 aromatic carbocycles. The molecule has 2 rings (SSSR count). The minimum absolute atomic E-state index is 0.0621. The summed E-state index contributed by atoms with van der Waals surface area (Å²) in [6, 6.07) is 10.4. The molecular formula is C21H18F2O4. The van der Waals surface area contributed by atoms with Crippen LogP contribution in [-0.2, 0) is 6.42 Å². The minimum atomic E-state index is -3.22. The number of benzene rings is 2. The first-order chi connectivity index (χ1) is 12.9. The molecule has 0 bridgehead atoms. The van der Waals surface area contributed by atoms with E-state index in [1.54, 1.807) is 18.2 Å². The van der Waals surface area contributed by atoms with Crippen LogP contribution in [-0.4, -0.2) is 30.7 Å². The van der Waals surface area contributed by atoms with E-state index in [2.05, 4.69) is 5.92 Å². The largest absolute Gasteiger partial charge is 0.493 e. The maximum atomic E-state index is 14.3. The Kier molecular flexibility index (Phi) is 6.56. The van der Waals surface area contributed by atoms with Gasteiger partial charge in [-0.25, -0.2) is 13.6 Å². The number of halogens is 2. The van der Waals surface area contributed by atoms with Gasteiger partial charge in [0.1, 0.15) is 6.61 Å². The molecule has 27 heavy (non-hydrogen) atoms. The zero-order chi connectivity index (χ0) is 19.9. The van der Waals surface area contributed by atoms with Gasteiger partial charge in [0.05, 0.1) is 12.7 Å². The van der Waals surface area contributed by atoms with E-state index in [4.69, 9.17) is 21.0 Å². The van der Waals surface area contributed by atoms with E-state index >= 15 is 0 Å². The van der Waals surface area contributed by atoms with Crippen molar-refractivity contribution in [3.8, 4) is 23.8 Å². The Hall–Kier alpha value is -3.33. The van der Waals surface area contributed by atoms with Crippen molar-refractivity contribution in [2.24, 2.45) is 0 Å². The first-order valence-electron chi connectivity index (χ1n) is 7.99. The highest BCUT2D eigenvalue weighted by molar-refractivity contribution is 5.89. The van der Waals surface area contributed by atoms with Gasteiger partial charge in [-0.1, -0.05) is 36.3 Å². The van der Waals surface area contributed by atoms with Gasteiger partial charge in [0.2, 0.25) is 0 Å². The van der Waals surface area contributed by atoms with Gasteiger partial charge in [-0.15, -0.1) is 6.42 Å². The molecule has 0 heterocycles. The van der Waals surface area contributed by atoms with Gasteiger partial charge in [0, 0.05) is 6.42 Å². The van der Waals surface area contributed by atoms with Crippen LogP contribution in [0.1, 0.15) is 21.5 Å². The van der Waals surface area contributed by atoms with Crippen LogP contribution >= 0.6 is 0 Å². The number of alkyl halides is 2. The summed E-state index contributed by atoms with van der Waals surface area (Å²) < 4.78 is 39.1. The Bertz CT molecular complexity index is 882. The van der Waals surface area contributed by atoms with E-state index in [-0.39, 0.29) is 17.7 Å². The number of carbonyl (C=O) groups is 1. The van der Waals surface area contributed by atoms with Crippen molar-refractivity contribution in [2.45, 2.75) is 12.3 Å². The third-order valence-corrected chi connectivity index (χ3v) is 3.69. The number of hydrogen-bond donors (Lipinski definition) is 1. The second kappa shape index (κ2) is 8.86. The Labute approximate surface area is 156 Å².